The van der Waals surface area contributed by atoms with Gasteiger partial charge in [-0.3, -0.25) is 4.79 Å². The van der Waals surface area contributed by atoms with Crippen LogP contribution in [0.5, 0.6) is 0 Å². The van der Waals surface area contributed by atoms with Crippen LogP contribution in [-0.2, 0) is 6.54 Å². The molecule has 1 amide bonds. The summed E-state index contributed by atoms with van der Waals surface area (Å²) in [5, 5.41) is 7.31. The van der Waals surface area contributed by atoms with E-state index in [4.69, 9.17) is 27.7 Å². The molecule has 0 fully saturated rings. The van der Waals surface area contributed by atoms with Gasteiger partial charge in [0, 0.05) is 10.6 Å². The fourth-order valence-corrected chi connectivity index (χ4v) is 2.45. The average molecular weight is 348 g/mol. The Kier molecular flexibility index (Phi) is 4.60. The molecule has 5 nitrogen and oxygen atoms in total. The molecule has 0 saturated heterocycles. The van der Waals surface area contributed by atoms with Crippen LogP contribution in [0.3, 0.4) is 0 Å². The lowest BCUT2D eigenvalue weighted by atomic mass is 10.2. The number of hydrogen-bond acceptors (Lipinski definition) is 4. The van der Waals surface area contributed by atoms with E-state index >= 15 is 0 Å². The lowest BCUT2D eigenvalue weighted by Gasteiger charge is -2.04. The molecule has 0 spiro atoms. The first-order valence-corrected chi connectivity index (χ1v) is 7.50. The predicted molar refractivity (Wildman–Crippen MR) is 87.4 cm³/mol. The van der Waals surface area contributed by atoms with E-state index in [2.05, 4.69) is 15.5 Å². The van der Waals surface area contributed by atoms with Crippen molar-refractivity contribution in [2.24, 2.45) is 0 Å². The van der Waals surface area contributed by atoms with Gasteiger partial charge in [-0.1, -0.05) is 58.7 Å². The Labute approximate surface area is 142 Å². The zero-order chi connectivity index (χ0) is 16.2. The Morgan fingerprint density at radius 3 is 2.65 bits per heavy atom. The molecule has 116 valence electrons. The molecule has 23 heavy (non-hydrogen) atoms. The summed E-state index contributed by atoms with van der Waals surface area (Å²) < 4.78 is 5.12. The van der Waals surface area contributed by atoms with Crippen molar-refractivity contribution in [1.82, 2.24) is 15.5 Å². The van der Waals surface area contributed by atoms with Gasteiger partial charge in [-0.15, -0.1) is 0 Å². The van der Waals surface area contributed by atoms with E-state index in [-0.39, 0.29) is 17.5 Å². The molecule has 0 unspecified atom stereocenters. The molecule has 0 aliphatic rings. The minimum atomic E-state index is -0.342. The Morgan fingerprint density at radius 1 is 1.13 bits per heavy atom. The summed E-state index contributed by atoms with van der Waals surface area (Å²) in [5.74, 6) is 0.438. The first kappa shape index (κ1) is 15.5. The van der Waals surface area contributed by atoms with Crippen LogP contribution < -0.4 is 5.32 Å². The van der Waals surface area contributed by atoms with Crippen molar-refractivity contribution < 1.29 is 9.32 Å². The van der Waals surface area contributed by atoms with E-state index in [1.54, 1.807) is 12.1 Å². The minimum Gasteiger partial charge on any atom is -0.343 e. The summed E-state index contributed by atoms with van der Waals surface area (Å²) in [4.78, 5) is 16.3. The fraction of sp³-hybridized carbons (Fsp3) is 0.0625. The van der Waals surface area contributed by atoms with Crippen molar-refractivity contribution in [3.05, 3.63) is 70.0 Å². The van der Waals surface area contributed by atoms with Crippen LogP contribution >= 0.6 is 23.2 Å². The van der Waals surface area contributed by atoms with Gasteiger partial charge in [-0.25, -0.2) is 0 Å². The molecule has 0 bridgehead atoms. The highest BCUT2D eigenvalue weighted by atomic mass is 35.5. The first-order chi connectivity index (χ1) is 11.1. The van der Waals surface area contributed by atoms with Crippen LogP contribution in [0.15, 0.2) is 53.1 Å². The number of rotatable bonds is 4. The van der Waals surface area contributed by atoms with Crippen molar-refractivity contribution in [3.8, 4) is 11.4 Å². The molecule has 7 heteroatoms. The molecule has 0 aliphatic carbocycles. The van der Waals surface area contributed by atoms with Gasteiger partial charge in [0.25, 0.3) is 5.91 Å². The molecule has 2 aromatic carbocycles. The van der Waals surface area contributed by atoms with Gasteiger partial charge in [0.05, 0.1) is 17.1 Å². The number of nitrogens with zero attached hydrogens (tertiary/aromatic N) is 2. The zero-order valence-electron chi connectivity index (χ0n) is 11.8. The molecule has 1 N–H and O–H groups in total. The lowest BCUT2D eigenvalue weighted by molar-refractivity contribution is 0.0946. The van der Waals surface area contributed by atoms with Crippen LogP contribution in [0.1, 0.15) is 16.2 Å². The van der Waals surface area contributed by atoms with Crippen LogP contribution in [-0.4, -0.2) is 16.0 Å². The maximum Gasteiger partial charge on any atom is 0.253 e. The van der Waals surface area contributed by atoms with Gasteiger partial charge < -0.3 is 9.84 Å². The van der Waals surface area contributed by atoms with E-state index in [9.17, 15) is 4.79 Å². The summed E-state index contributed by atoms with van der Waals surface area (Å²) in [6, 6.07) is 14.1. The summed E-state index contributed by atoms with van der Waals surface area (Å²) in [6.45, 7) is 0.109. The zero-order valence-corrected chi connectivity index (χ0v) is 13.3. The van der Waals surface area contributed by atoms with Gasteiger partial charge in [-0.05, 0) is 18.2 Å². The molecule has 1 heterocycles. The second-order valence-corrected chi connectivity index (χ2v) is 5.53. The van der Waals surface area contributed by atoms with Crippen LogP contribution in [0, 0.1) is 0 Å². The first-order valence-electron chi connectivity index (χ1n) is 6.75. The predicted octanol–water partition coefficient (Wildman–Crippen LogP) is 3.97. The number of benzene rings is 2. The third-order valence-electron chi connectivity index (χ3n) is 3.08. The van der Waals surface area contributed by atoms with Crippen LogP contribution in [0.25, 0.3) is 11.4 Å². The van der Waals surface area contributed by atoms with Gasteiger partial charge >= 0.3 is 0 Å². The van der Waals surface area contributed by atoms with Crippen LogP contribution in [0.4, 0.5) is 0 Å². The van der Waals surface area contributed by atoms with E-state index in [0.717, 1.165) is 5.56 Å². The second-order valence-electron chi connectivity index (χ2n) is 4.68. The third kappa shape index (κ3) is 3.70. The number of aromatic nitrogens is 2. The summed E-state index contributed by atoms with van der Waals surface area (Å²) >= 11 is 11.8. The Balaban J connectivity index is 1.67. The maximum atomic E-state index is 12.1. The van der Waals surface area contributed by atoms with Crippen LogP contribution in [0.2, 0.25) is 10.0 Å². The topological polar surface area (TPSA) is 68.0 Å². The summed E-state index contributed by atoms with van der Waals surface area (Å²) in [5.41, 5.74) is 1.17. The molecule has 0 radical (unpaired) electrons. The molecule has 3 aromatic rings. The summed E-state index contributed by atoms with van der Waals surface area (Å²) in [7, 11) is 0. The quantitative estimate of drug-likeness (QED) is 0.775. The maximum absolute atomic E-state index is 12.1. The Morgan fingerprint density at radius 2 is 1.91 bits per heavy atom. The van der Waals surface area contributed by atoms with Gasteiger partial charge in [0.1, 0.15) is 0 Å². The number of halogens is 2. The van der Waals surface area contributed by atoms with Crippen molar-refractivity contribution in [2.45, 2.75) is 6.54 Å². The number of amides is 1. The number of nitrogens with one attached hydrogen (secondary N) is 1. The summed E-state index contributed by atoms with van der Waals surface area (Å²) in [6.07, 6.45) is 0. The fourth-order valence-electron chi connectivity index (χ4n) is 1.96. The van der Waals surface area contributed by atoms with E-state index in [1.165, 1.54) is 6.07 Å². The molecule has 0 aliphatic heterocycles. The highest BCUT2D eigenvalue weighted by Gasteiger charge is 2.13. The molecule has 0 atom stereocenters. The number of hydrogen-bond donors (Lipinski definition) is 1. The molecular weight excluding hydrogens is 337 g/mol. The van der Waals surface area contributed by atoms with Crippen molar-refractivity contribution >= 4 is 29.1 Å². The lowest BCUT2D eigenvalue weighted by Crippen LogP contribution is -2.23. The number of carbonyl (C=O) groups excluding carboxylic acids is 1. The molecule has 3 rings (SSSR count). The van der Waals surface area contributed by atoms with Crippen molar-refractivity contribution in [2.75, 3.05) is 0 Å². The molecule has 1 aromatic heterocycles. The van der Waals surface area contributed by atoms with Gasteiger partial charge in [0.2, 0.25) is 11.7 Å². The highest BCUT2D eigenvalue weighted by molar-refractivity contribution is 6.36. The minimum absolute atomic E-state index is 0.109. The van der Waals surface area contributed by atoms with Gasteiger partial charge in [0.15, 0.2) is 0 Å². The van der Waals surface area contributed by atoms with E-state index in [1.807, 2.05) is 30.3 Å². The van der Waals surface area contributed by atoms with E-state index in [0.29, 0.717) is 22.3 Å². The Bertz CT molecular complexity index is 834. The average Bonchev–Trinajstić information content (AvgIpc) is 3.02. The Hall–Kier alpha value is -2.37. The van der Waals surface area contributed by atoms with Crippen molar-refractivity contribution in [1.29, 1.82) is 0 Å². The largest absolute Gasteiger partial charge is 0.343 e. The number of carbonyl (C=O) groups is 1. The molecular formula is C16H11Cl2N3O2. The highest BCUT2D eigenvalue weighted by Crippen LogP contribution is 2.21. The van der Waals surface area contributed by atoms with Gasteiger partial charge in [-0.2, -0.15) is 4.98 Å². The monoisotopic (exact) mass is 347 g/mol. The molecule has 0 saturated carbocycles. The normalized spacial score (nSPS) is 10.5. The second kappa shape index (κ2) is 6.81. The third-order valence-corrected chi connectivity index (χ3v) is 3.62. The SMILES string of the molecule is O=C(NCc1nc(-c2ccccc2)no1)c1ccc(Cl)cc1Cl. The van der Waals surface area contributed by atoms with E-state index < -0.39 is 0 Å². The van der Waals surface area contributed by atoms with Crippen molar-refractivity contribution in [3.63, 3.8) is 0 Å². The smallest absolute Gasteiger partial charge is 0.253 e. The standard InChI is InChI=1S/C16H11Cl2N3O2/c17-11-6-7-12(13(18)8-11)16(22)19-9-14-20-15(21-23-14)10-4-2-1-3-5-10/h1-8H,9H2,(H,19,22).